The number of benzene rings is 2. The van der Waals surface area contributed by atoms with Crippen molar-refractivity contribution in [1.82, 2.24) is 4.98 Å². The van der Waals surface area contributed by atoms with Gasteiger partial charge in [0.1, 0.15) is 17.0 Å². The molecule has 1 aromatic heterocycles. The second-order valence-corrected chi connectivity index (χ2v) is 5.02. The largest absolute Gasteiger partial charge is 0.496 e. The Labute approximate surface area is 133 Å². The third kappa shape index (κ3) is 2.94. The molecule has 0 spiro atoms. The van der Waals surface area contributed by atoms with E-state index in [0.717, 1.165) is 5.52 Å². The summed E-state index contributed by atoms with van der Waals surface area (Å²) >= 11 is 0. The zero-order chi connectivity index (χ0) is 16.4. The Bertz CT molecular complexity index is 862. The number of oxazole rings is 1. The standard InChI is InChI=1S/C18H15NO4/c1-11(2)18(20)22-12-8-9-13(16(10-12)21-3)17-19-14-6-4-5-7-15(14)23-17/h4-10H,1H2,2-3H3. The number of esters is 1. The van der Waals surface area contributed by atoms with Gasteiger partial charge in [0.15, 0.2) is 5.58 Å². The summed E-state index contributed by atoms with van der Waals surface area (Å²) in [5, 5.41) is 0. The molecule has 0 aliphatic carbocycles. The summed E-state index contributed by atoms with van der Waals surface area (Å²) in [6, 6.07) is 12.5. The zero-order valence-electron chi connectivity index (χ0n) is 12.8. The lowest BCUT2D eigenvalue weighted by molar-refractivity contribution is -0.130. The molecule has 0 bridgehead atoms. The van der Waals surface area contributed by atoms with Gasteiger partial charge in [0.2, 0.25) is 5.89 Å². The normalized spacial score (nSPS) is 10.5. The molecule has 23 heavy (non-hydrogen) atoms. The van der Waals surface area contributed by atoms with Gasteiger partial charge in [-0.05, 0) is 31.2 Å². The van der Waals surface area contributed by atoms with Crippen LogP contribution in [-0.4, -0.2) is 18.1 Å². The third-order valence-electron chi connectivity index (χ3n) is 3.26. The van der Waals surface area contributed by atoms with Crippen LogP contribution in [0.5, 0.6) is 11.5 Å². The first-order valence-corrected chi connectivity index (χ1v) is 7.00. The molecule has 5 heteroatoms. The lowest BCUT2D eigenvalue weighted by atomic mass is 10.2. The van der Waals surface area contributed by atoms with Gasteiger partial charge in [-0.3, -0.25) is 0 Å². The molecule has 0 N–H and O–H groups in total. The Morgan fingerprint density at radius 1 is 1.22 bits per heavy atom. The molecule has 0 unspecified atom stereocenters. The topological polar surface area (TPSA) is 61.6 Å². The monoisotopic (exact) mass is 309 g/mol. The predicted molar refractivity (Wildman–Crippen MR) is 86.4 cm³/mol. The second kappa shape index (κ2) is 5.96. The number of aromatic nitrogens is 1. The molecule has 3 aromatic rings. The third-order valence-corrected chi connectivity index (χ3v) is 3.26. The zero-order valence-corrected chi connectivity index (χ0v) is 12.8. The molecular formula is C18H15NO4. The molecule has 0 aliphatic rings. The van der Waals surface area contributed by atoms with Crippen molar-refractivity contribution in [1.29, 1.82) is 0 Å². The molecule has 0 aliphatic heterocycles. The van der Waals surface area contributed by atoms with E-state index in [0.29, 0.717) is 34.1 Å². The first kappa shape index (κ1) is 14.8. The van der Waals surface area contributed by atoms with Gasteiger partial charge >= 0.3 is 5.97 Å². The molecule has 0 amide bonds. The van der Waals surface area contributed by atoms with E-state index in [-0.39, 0.29) is 0 Å². The van der Waals surface area contributed by atoms with Gasteiger partial charge in [-0.15, -0.1) is 0 Å². The van der Waals surface area contributed by atoms with E-state index < -0.39 is 5.97 Å². The van der Waals surface area contributed by atoms with Crippen LogP contribution in [0.3, 0.4) is 0 Å². The number of ether oxygens (including phenoxy) is 2. The lowest BCUT2D eigenvalue weighted by Crippen LogP contribution is -2.08. The summed E-state index contributed by atoms with van der Waals surface area (Å²) in [7, 11) is 1.53. The van der Waals surface area contributed by atoms with Crippen molar-refractivity contribution in [2.24, 2.45) is 0 Å². The van der Waals surface area contributed by atoms with Gasteiger partial charge in [-0.2, -0.15) is 0 Å². The highest BCUT2D eigenvalue weighted by atomic mass is 16.5. The summed E-state index contributed by atoms with van der Waals surface area (Å²) in [6.07, 6.45) is 0. The number of carbonyl (C=O) groups excluding carboxylic acids is 1. The van der Waals surface area contributed by atoms with Crippen LogP contribution in [0.4, 0.5) is 0 Å². The van der Waals surface area contributed by atoms with Crippen LogP contribution in [0.15, 0.2) is 59.0 Å². The van der Waals surface area contributed by atoms with Gasteiger partial charge < -0.3 is 13.9 Å². The minimum absolute atomic E-state index is 0.326. The molecule has 0 saturated heterocycles. The number of methoxy groups -OCH3 is 1. The van der Waals surface area contributed by atoms with Gasteiger partial charge in [-0.1, -0.05) is 18.7 Å². The number of hydrogen-bond acceptors (Lipinski definition) is 5. The molecule has 0 atom stereocenters. The fourth-order valence-electron chi connectivity index (χ4n) is 2.09. The SMILES string of the molecule is C=C(C)C(=O)Oc1ccc(-c2nc3ccccc3o2)c(OC)c1. The Morgan fingerprint density at radius 3 is 2.70 bits per heavy atom. The van der Waals surface area contributed by atoms with Crippen LogP contribution in [0, 0.1) is 0 Å². The molecule has 116 valence electrons. The van der Waals surface area contributed by atoms with Crippen LogP contribution < -0.4 is 9.47 Å². The van der Waals surface area contributed by atoms with E-state index in [2.05, 4.69) is 11.6 Å². The van der Waals surface area contributed by atoms with Crippen molar-refractivity contribution < 1.29 is 18.7 Å². The average molecular weight is 309 g/mol. The van der Waals surface area contributed by atoms with Crippen molar-refractivity contribution in [3.05, 3.63) is 54.6 Å². The van der Waals surface area contributed by atoms with E-state index in [1.54, 1.807) is 25.1 Å². The number of hydrogen-bond donors (Lipinski definition) is 0. The Hall–Kier alpha value is -3.08. The van der Waals surface area contributed by atoms with Crippen molar-refractivity contribution in [2.75, 3.05) is 7.11 Å². The van der Waals surface area contributed by atoms with Gasteiger partial charge in [0.25, 0.3) is 0 Å². The number of fused-ring (bicyclic) bond motifs is 1. The van der Waals surface area contributed by atoms with Crippen LogP contribution >= 0.6 is 0 Å². The van der Waals surface area contributed by atoms with Crippen LogP contribution in [-0.2, 0) is 4.79 Å². The predicted octanol–water partition coefficient (Wildman–Crippen LogP) is 3.98. The summed E-state index contributed by atoms with van der Waals surface area (Å²) in [5.41, 5.74) is 2.47. The number of rotatable bonds is 4. The first-order valence-electron chi connectivity index (χ1n) is 7.00. The van der Waals surface area contributed by atoms with Crippen molar-refractivity contribution >= 4 is 17.1 Å². The van der Waals surface area contributed by atoms with Crippen molar-refractivity contribution in [3.8, 4) is 23.0 Å². The van der Waals surface area contributed by atoms with Gasteiger partial charge in [0, 0.05) is 11.6 Å². The number of carbonyl (C=O) groups is 1. The molecule has 5 nitrogen and oxygen atoms in total. The maximum atomic E-state index is 11.6. The van der Waals surface area contributed by atoms with E-state index >= 15 is 0 Å². The van der Waals surface area contributed by atoms with E-state index in [1.807, 2.05) is 24.3 Å². The van der Waals surface area contributed by atoms with Gasteiger partial charge in [0.05, 0.1) is 12.7 Å². The molecule has 3 rings (SSSR count). The molecule has 0 radical (unpaired) electrons. The Balaban J connectivity index is 1.99. The fourth-order valence-corrected chi connectivity index (χ4v) is 2.09. The van der Waals surface area contributed by atoms with E-state index in [9.17, 15) is 4.79 Å². The quantitative estimate of drug-likeness (QED) is 0.414. The van der Waals surface area contributed by atoms with Crippen LogP contribution in [0.25, 0.3) is 22.6 Å². The molecule has 0 saturated carbocycles. The highest BCUT2D eigenvalue weighted by Gasteiger charge is 2.15. The first-order chi connectivity index (χ1) is 11.1. The summed E-state index contributed by atoms with van der Waals surface area (Å²) in [6.45, 7) is 5.14. The minimum atomic E-state index is -0.485. The molecule has 0 fully saturated rings. The second-order valence-electron chi connectivity index (χ2n) is 5.02. The lowest BCUT2D eigenvalue weighted by Gasteiger charge is -2.09. The van der Waals surface area contributed by atoms with Crippen LogP contribution in [0.2, 0.25) is 0 Å². The Kier molecular flexibility index (Phi) is 3.85. The molecule has 1 heterocycles. The van der Waals surface area contributed by atoms with Crippen molar-refractivity contribution in [3.63, 3.8) is 0 Å². The summed E-state index contributed by atoms with van der Waals surface area (Å²) in [4.78, 5) is 16.0. The summed E-state index contributed by atoms with van der Waals surface area (Å²) in [5.74, 6) is 0.834. The van der Waals surface area contributed by atoms with E-state index in [4.69, 9.17) is 13.9 Å². The molecule has 2 aromatic carbocycles. The van der Waals surface area contributed by atoms with E-state index in [1.165, 1.54) is 7.11 Å². The smallest absolute Gasteiger partial charge is 0.338 e. The highest BCUT2D eigenvalue weighted by Crippen LogP contribution is 2.34. The van der Waals surface area contributed by atoms with Crippen LogP contribution in [0.1, 0.15) is 6.92 Å². The number of nitrogens with zero attached hydrogens (tertiary/aromatic N) is 1. The summed E-state index contributed by atoms with van der Waals surface area (Å²) < 4.78 is 16.3. The fraction of sp³-hybridized carbons (Fsp3) is 0.111. The van der Waals surface area contributed by atoms with Gasteiger partial charge in [-0.25, -0.2) is 9.78 Å². The highest BCUT2D eigenvalue weighted by molar-refractivity contribution is 5.89. The van der Waals surface area contributed by atoms with Crippen molar-refractivity contribution in [2.45, 2.75) is 6.92 Å². The maximum absolute atomic E-state index is 11.6. The minimum Gasteiger partial charge on any atom is -0.496 e. The Morgan fingerprint density at radius 2 is 2.00 bits per heavy atom. The number of para-hydroxylation sites is 2. The molecular weight excluding hydrogens is 294 g/mol. The maximum Gasteiger partial charge on any atom is 0.338 e. The average Bonchev–Trinajstić information content (AvgIpc) is 2.98.